The number of hydrogen-bond donors (Lipinski definition) is 1. The number of piperazine rings is 1. The van der Waals surface area contributed by atoms with Crippen molar-refractivity contribution in [3.8, 4) is 5.75 Å². The van der Waals surface area contributed by atoms with Gasteiger partial charge in [-0.2, -0.15) is 0 Å². The highest BCUT2D eigenvalue weighted by atomic mass is 16.5. The van der Waals surface area contributed by atoms with Crippen LogP contribution in [0, 0.1) is 0 Å². The van der Waals surface area contributed by atoms with Crippen LogP contribution in [0.1, 0.15) is 24.3 Å². The second-order valence-corrected chi connectivity index (χ2v) is 6.12. The van der Waals surface area contributed by atoms with E-state index < -0.39 is 0 Å². The largest absolute Gasteiger partial charge is 0.492 e. The molecule has 0 bridgehead atoms. The van der Waals surface area contributed by atoms with Crippen molar-refractivity contribution >= 4 is 23.5 Å². The number of benzene rings is 1. The molecule has 1 aliphatic heterocycles. The summed E-state index contributed by atoms with van der Waals surface area (Å²) in [7, 11) is 0. The van der Waals surface area contributed by atoms with Crippen LogP contribution in [0.25, 0.3) is 0 Å². The lowest BCUT2D eigenvalue weighted by Gasteiger charge is -2.34. The molecular weight excluding hydrogens is 346 g/mol. The first-order valence-corrected chi connectivity index (χ1v) is 8.95. The van der Waals surface area contributed by atoms with Crippen molar-refractivity contribution in [2.24, 2.45) is 0 Å². The molecule has 2 aromatic rings. The predicted octanol–water partition coefficient (Wildman–Crippen LogP) is 1.92. The molecule has 1 N–H and O–H groups in total. The Morgan fingerprint density at radius 3 is 2.52 bits per heavy atom. The molecule has 0 spiro atoms. The number of anilines is 2. The van der Waals surface area contributed by atoms with Crippen molar-refractivity contribution < 1.29 is 14.3 Å². The van der Waals surface area contributed by atoms with Crippen molar-refractivity contribution in [1.29, 1.82) is 0 Å². The fourth-order valence-corrected chi connectivity index (χ4v) is 2.90. The van der Waals surface area contributed by atoms with Crippen LogP contribution < -0.4 is 10.1 Å². The fourth-order valence-electron chi connectivity index (χ4n) is 2.90. The summed E-state index contributed by atoms with van der Waals surface area (Å²) in [4.78, 5) is 36.1. The van der Waals surface area contributed by atoms with Crippen molar-refractivity contribution in [3.63, 3.8) is 0 Å². The summed E-state index contributed by atoms with van der Waals surface area (Å²) in [5.74, 6) is 0.890. The highest BCUT2D eigenvalue weighted by molar-refractivity contribution is 5.92. The maximum atomic E-state index is 12.7. The molecule has 142 valence electrons. The number of aromatic nitrogens is 2. The van der Waals surface area contributed by atoms with E-state index in [4.69, 9.17) is 4.74 Å². The van der Waals surface area contributed by atoms with Crippen LogP contribution in [0.3, 0.4) is 0 Å². The first-order valence-electron chi connectivity index (χ1n) is 8.95. The van der Waals surface area contributed by atoms with Crippen molar-refractivity contribution in [2.45, 2.75) is 13.8 Å². The average molecular weight is 369 g/mol. The van der Waals surface area contributed by atoms with Crippen LogP contribution in [-0.2, 0) is 4.79 Å². The van der Waals surface area contributed by atoms with Gasteiger partial charge in [0.05, 0.1) is 12.3 Å². The molecular formula is C19H23N5O3. The van der Waals surface area contributed by atoms with Gasteiger partial charge in [-0.3, -0.25) is 9.59 Å². The van der Waals surface area contributed by atoms with Gasteiger partial charge in [0.1, 0.15) is 11.4 Å². The van der Waals surface area contributed by atoms with E-state index in [9.17, 15) is 9.59 Å². The quantitative estimate of drug-likeness (QED) is 0.866. The molecule has 8 nitrogen and oxygen atoms in total. The van der Waals surface area contributed by atoms with Crippen molar-refractivity contribution in [3.05, 3.63) is 42.2 Å². The summed E-state index contributed by atoms with van der Waals surface area (Å²) in [6.07, 6.45) is 1.55. The Morgan fingerprint density at radius 2 is 1.81 bits per heavy atom. The number of hydrogen-bond acceptors (Lipinski definition) is 6. The van der Waals surface area contributed by atoms with Gasteiger partial charge in [0.25, 0.3) is 5.91 Å². The predicted molar refractivity (Wildman–Crippen MR) is 101 cm³/mol. The minimum Gasteiger partial charge on any atom is -0.492 e. The number of rotatable bonds is 5. The minimum atomic E-state index is -0.165. The SMILES string of the molecule is CCOc1ccccc1Nc1nccc(C(=O)N2CCN(C(C)=O)CC2)n1. The third-order valence-electron chi connectivity index (χ3n) is 4.32. The Hall–Kier alpha value is -3.16. The van der Waals surface area contributed by atoms with Gasteiger partial charge in [0, 0.05) is 39.3 Å². The summed E-state index contributed by atoms with van der Waals surface area (Å²) in [5.41, 5.74) is 1.05. The number of ether oxygens (including phenoxy) is 1. The normalized spacial score (nSPS) is 14.0. The number of carbonyl (C=O) groups excluding carboxylic acids is 2. The molecule has 0 unspecified atom stereocenters. The molecule has 1 aromatic carbocycles. The molecule has 2 amide bonds. The third kappa shape index (κ3) is 4.52. The highest BCUT2D eigenvalue weighted by Gasteiger charge is 2.24. The van der Waals surface area contributed by atoms with Gasteiger partial charge < -0.3 is 19.9 Å². The monoisotopic (exact) mass is 369 g/mol. The Balaban J connectivity index is 1.71. The van der Waals surface area contributed by atoms with Gasteiger partial charge in [-0.05, 0) is 25.1 Å². The first kappa shape index (κ1) is 18.6. The Labute approximate surface area is 158 Å². The number of carbonyl (C=O) groups is 2. The zero-order chi connectivity index (χ0) is 19.2. The molecule has 3 rings (SSSR count). The molecule has 2 heterocycles. The standard InChI is InChI=1S/C19H23N5O3/c1-3-27-17-7-5-4-6-15(17)21-19-20-9-8-16(22-19)18(26)24-12-10-23(11-13-24)14(2)25/h4-9H,3,10-13H2,1-2H3,(H,20,21,22). The number of nitrogens with one attached hydrogen (secondary N) is 1. The van der Waals surface area contributed by atoms with Gasteiger partial charge in [-0.25, -0.2) is 9.97 Å². The first-order chi connectivity index (χ1) is 13.1. The number of nitrogens with zero attached hydrogens (tertiary/aromatic N) is 4. The molecule has 0 saturated carbocycles. The van der Waals surface area contributed by atoms with E-state index in [1.807, 2.05) is 31.2 Å². The van der Waals surface area contributed by atoms with Gasteiger partial charge in [-0.1, -0.05) is 12.1 Å². The van der Waals surface area contributed by atoms with Crippen LogP contribution in [0.2, 0.25) is 0 Å². The molecule has 0 radical (unpaired) electrons. The molecule has 0 aliphatic carbocycles. The summed E-state index contributed by atoms with van der Waals surface area (Å²) in [6.45, 7) is 6.08. The zero-order valence-electron chi connectivity index (χ0n) is 15.5. The van der Waals surface area contributed by atoms with E-state index in [1.54, 1.807) is 29.0 Å². The second kappa shape index (κ2) is 8.48. The maximum absolute atomic E-state index is 12.7. The Morgan fingerprint density at radius 1 is 1.11 bits per heavy atom. The fraction of sp³-hybridized carbons (Fsp3) is 0.368. The van der Waals surface area contributed by atoms with Crippen molar-refractivity contribution in [1.82, 2.24) is 19.8 Å². The molecule has 1 fully saturated rings. The van der Waals surface area contributed by atoms with E-state index >= 15 is 0 Å². The zero-order valence-corrected chi connectivity index (χ0v) is 15.5. The molecule has 27 heavy (non-hydrogen) atoms. The second-order valence-electron chi connectivity index (χ2n) is 6.12. The maximum Gasteiger partial charge on any atom is 0.272 e. The van der Waals surface area contributed by atoms with Crippen LogP contribution >= 0.6 is 0 Å². The highest BCUT2D eigenvalue weighted by Crippen LogP contribution is 2.26. The van der Waals surface area contributed by atoms with E-state index in [0.717, 1.165) is 5.69 Å². The minimum absolute atomic E-state index is 0.0311. The van der Waals surface area contributed by atoms with Crippen LogP contribution in [0.5, 0.6) is 5.75 Å². The van der Waals surface area contributed by atoms with Gasteiger partial charge in [0.2, 0.25) is 11.9 Å². The lowest BCUT2D eigenvalue weighted by Crippen LogP contribution is -2.50. The van der Waals surface area contributed by atoms with Gasteiger partial charge in [-0.15, -0.1) is 0 Å². The Kier molecular flexibility index (Phi) is 5.85. The molecule has 1 aromatic heterocycles. The van der Waals surface area contributed by atoms with Crippen LogP contribution in [0.4, 0.5) is 11.6 Å². The lowest BCUT2D eigenvalue weighted by molar-refractivity contribution is -0.130. The van der Waals surface area contributed by atoms with E-state index in [2.05, 4.69) is 15.3 Å². The molecule has 1 saturated heterocycles. The number of para-hydroxylation sites is 2. The van der Waals surface area contributed by atoms with Crippen LogP contribution in [0.15, 0.2) is 36.5 Å². The van der Waals surface area contributed by atoms with E-state index in [1.165, 1.54) is 0 Å². The summed E-state index contributed by atoms with van der Waals surface area (Å²) in [6, 6.07) is 9.09. The average Bonchev–Trinajstić information content (AvgIpc) is 2.69. The number of amides is 2. The summed E-state index contributed by atoms with van der Waals surface area (Å²) >= 11 is 0. The van der Waals surface area contributed by atoms with Crippen LogP contribution in [-0.4, -0.2) is 64.4 Å². The summed E-state index contributed by atoms with van der Waals surface area (Å²) < 4.78 is 5.59. The van der Waals surface area contributed by atoms with E-state index in [0.29, 0.717) is 50.2 Å². The Bertz CT molecular complexity index is 818. The van der Waals surface area contributed by atoms with Crippen molar-refractivity contribution in [2.75, 3.05) is 38.1 Å². The topological polar surface area (TPSA) is 87.7 Å². The smallest absolute Gasteiger partial charge is 0.272 e. The molecule has 0 atom stereocenters. The molecule has 1 aliphatic rings. The van der Waals surface area contributed by atoms with E-state index in [-0.39, 0.29) is 11.8 Å². The molecule has 8 heteroatoms. The lowest BCUT2D eigenvalue weighted by atomic mass is 10.2. The van der Waals surface area contributed by atoms with Gasteiger partial charge >= 0.3 is 0 Å². The van der Waals surface area contributed by atoms with Gasteiger partial charge in [0.15, 0.2) is 0 Å². The third-order valence-corrected chi connectivity index (χ3v) is 4.32. The summed E-state index contributed by atoms with van der Waals surface area (Å²) in [5, 5.41) is 3.11.